The van der Waals surface area contributed by atoms with Crippen LogP contribution in [0.1, 0.15) is 26.3 Å². The number of aromatic hydroxyl groups is 1. The van der Waals surface area contributed by atoms with Crippen LogP contribution in [0.25, 0.3) is 0 Å². The number of amides is 1. The summed E-state index contributed by atoms with van der Waals surface area (Å²) >= 11 is 0. The second kappa shape index (κ2) is 6.43. The van der Waals surface area contributed by atoms with E-state index in [2.05, 4.69) is 5.32 Å². The fourth-order valence-corrected chi connectivity index (χ4v) is 1.49. The number of alkyl carbamates (subject to hydrolysis) is 1. The molecule has 1 rings (SSSR count). The largest absolute Gasteiger partial charge is 0.508 e. The molecule has 19 heavy (non-hydrogen) atoms. The van der Waals surface area contributed by atoms with E-state index in [1.54, 1.807) is 45.0 Å². The van der Waals surface area contributed by atoms with E-state index in [0.29, 0.717) is 6.42 Å². The molecule has 1 aromatic rings. The minimum atomic E-state index is -0.697. The molecule has 1 aromatic carbocycles. The van der Waals surface area contributed by atoms with Gasteiger partial charge in [-0.1, -0.05) is 12.1 Å². The van der Waals surface area contributed by atoms with Crippen LogP contribution >= 0.6 is 0 Å². The van der Waals surface area contributed by atoms with E-state index < -0.39 is 17.8 Å². The fraction of sp³-hybridized carbons (Fsp3) is 0.500. The number of ether oxygens (including phenoxy) is 1. The monoisotopic (exact) mass is 267 g/mol. The standard InChI is InChI=1S/C14H21NO4/c1-14(2,3)19-13(18)15-9-12(17)8-10-4-6-11(16)7-5-10/h4-7,12,16-17H,8-9H2,1-3H3,(H,15,18). The molecule has 1 atom stereocenters. The van der Waals surface area contributed by atoms with E-state index >= 15 is 0 Å². The topological polar surface area (TPSA) is 78.8 Å². The Bertz CT molecular complexity index is 408. The predicted molar refractivity (Wildman–Crippen MR) is 72.1 cm³/mol. The van der Waals surface area contributed by atoms with Crippen molar-refractivity contribution in [2.45, 2.75) is 38.9 Å². The Morgan fingerprint density at radius 3 is 2.42 bits per heavy atom. The number of hydrogen-bond donors (Lipinski definition) is 3. The Balaban J connectivity index is 2.33. The summed E-state index contributed by atoms with van der Waals surface area (Å²) in [4.78, 5) is 11.4. The minimum absolute atomic E-state index is 0.121. The second-order valence-corrected chi connectivity index (χ2v) is 5.41. The smallest absolute Gasteiger partial charge is 0.407 e. The van der Waals surface area contributed by atoms with Crippen LogP contribution in [0.3, 0.4) is 0 Å². The summed E-state index contributed by atoms with van der Waals surface area (Å²) in [6.07, 6.45) is -0.842. The van der Waals surface area contributed by atoms with Gasteiger partial charge in [-0.3, -0.25) is 0 Å². The predicted octanol–water partition coefficient (Wildman–Crippen LogP) is 1.82. The molecular weight excluding hydrogens is 246 g/mol. The lowest BCUT2D eigenvalue weighted by Crippen LogP contribution is -2.37. The molecule has 0 aromatic heterocycles. The first-order chi connectivity index (χ1) is 8.76. The highest BCUT2D eigenvalue weighted by atomic mass is 16.6. The molecule has 0 fully saturated rings. The van der Waals surface area contributed by atoms with Crippen LogP contribution < -0.4 is 5.32 Å². The van der Waals surface area contributed by atoms with Gasteiger partial charge in [0.15, 0.2) is 0 Å². The lowest BCUT2D eigenvalue weighted by Gasteiger charge is -2.20. The first kappa shape index (κ1) is 15.3. The van der Waals surface area contributed by atoms with Crippen molar-refractivity contribution >= 4 is 6.09 Å². The highest BCUT2D eigenvalue weighted by molar-refractivity contribution is 5.67. The lowest BCUT2D eigenvalue weighted by atomic mass is 10.1. The number of aliphatic hydroxyl groups excluding tert-OH is 1. The summed E-state index contributed by atoms with van der Waals surface area (Å²) < 4.78 is 5.06. The van der Waals surface area contributed by atoms with Crippen molar-refractivity contribution in [3.05, 3.63) is 29.8 Å². The van der Waals surface area contributed by atoms with Gasteiger partial charge in [-0.25, -0.2) is 4.79 Å². The highest BCUT2D eigenvalue weighted by Crippen LogP contribution is 2.11. The van der Waals surface area contributed by atoms with Crippen molar-refractivity contribution in [1.29, 1.82) is 0 Å². The first-order valence-electron chi connectivity index (χ1n) is 6.19. The van der Waals surface area contributed by atoms with Gasteiger partial charge in [0.25, 0.3) is 0 Å². The number of carbonyl (C=O) groups excluding carboxylic acids is 1. The van der Waals surface area contributed by atoms with E-state index in [4.69, 9.17) is 9.84 Å². The maximum Gasteiger partial charge on any atom is 0.407 e. The Labute approximate surface area is 113 Å². The van der Waals surface area contributed by atoms with E-state index in [1.165, 1.54) is 0 Å². The molecule has 5 heteroatoms. The summed E-state index contributed by atoms with van der Waals surface area (Å²) in [6.45, 7) is 5.45. The van der Waals surface area contributed by atoms with Crippen LogP contribution in [-0.2, 0) is 11.2 Å². The molecule has 0 spiro atoms. The Morgan fingerprint density at radius 1 is 1.32 bits per heavy atom. The van der Waals surface area contributed by atoms with E-state index in [0.717, 1.165) is 5.56 Å². The zero-order chi connectivity index (χ0) is 14.5. The third kappa shape index (κ3) is 6.67. The quantitative estimate of drug-likeness (QED) is 0.777. The molecule has 1 amide bonds. The van der Waals surface area contributed by atoms with Crippen molar-refractivity contribution in [2.24, 2.45) is 0 Å². The molecule has 0 saturated heterocycles. The Kier molecular flexibility index (Phi) is 5.18. The normalized spacial score (nSPS) is 12.8. The summed E-state index contributed by atoms with van der Waals surface area (Å²) in [5, 5.41) is 21.4. The van der Waals surface area contributed by atoms with Crippen molar-refractivity contribution < 1.29 is 19.7 Å². The van der Waals surface area contributed by atoms with E-state index in [-0.39, 0.29) is 12.3 Å². The van der Waals surface area contributed by atoms with Gasteiger partial charge in [0, 0.05) is 13.0 Å². The second-order valence-electron chi connectivity index (χ2n) is 5.41. The van der Waals surface area contributed by atoms with Gasteiger partial charge in [-0.2, -0.15) is 0 Å². The molecule has 0 heterocycles. The molecule has 106 valence electrons. The number of benzene rings is 1. The molecule has 0 saturated carbocycles. The molecule has 3 N–H and O–H groups in total. The average molecular weight is 267 g/mol. The molecule has 0 radical (unpaired) electrons. The first-order valence-corrected chi connectivity index (χ1v) is 6.19. The number of carbonyl (C=O) groups is 1. The number of hydrogen-bond acceptors (Lipinski definition) is 4. The summed E-state index contributed by atoms with van der Waals surface area (Å²) in [6, 6.07) is 6.57. The zero-order valence-electron chi connectivity index (χ0n) is 11.5. The molecule has 5 nitrogen and oxygen atoms in total. The maximum absolute atomic E-state index is 11.4. The van der Waals surface area contributed by atoms with Crippen molar-refractivity contribution in [1.82, 2.24) is 5.32 Å². The summed E-state index contributed by atoms with van der Waals surface area (Å²) in [5.74, 6) is 0.185. The van der Waals surface area contributed by atoms with E-state index in [9.17, 15) is 9.90 Å². The molecule has 0 aliphatic heterocycles. The van der Waals surface area contributed by atoms with Crippen molar-refractivity contribution in [2.75, 3.05) is 6.54 Å². The van der Waals surface area contributed by atoms with Gasteiger partial charge in [0.1, 0.15) is 11.4 Å². The van der Waals surface area contributed by atoms with Gasteiger partial charge in [0.05, 0.1) is 6.10 Å². The van der Waals surface area contributed by atoms with Crippen LogP contribution in [-0.4, -0.2) is 34.6 Å². The summed E-state index contributed by atoms with van der Waals surface area (Å²) in [7, 11) is 0. The van der Waals surface area contributed by atoms with Crippen LogP contribution in [0.5, 0.6) is 5.75 Å². The van der Waals surface area contributed by atoms with Crippen molar-refractivity contribution in [3.63, 3.8) is 0 Å². The van der Waals surface area contributed by atoms with Gasteiger partial charge in [-0.15, -0.1) is 0 Å². The van der Waals surface area contributed by atoms with Gasteiger partial charge in [0.2, 0.25) is 0 Å². The van der Waals surface area contributed by atoms with Crippen LogP contribution in [0.4, 0.5) is 4.79 Å². The van der Waals surface area contributed by atoms with Crippen LogP contribution in [0, 0.1) is 0 Å². The van der Waals surface area contributed by atoms with Gasteiger partial charge in [-0.05, 0) is 38.5 Å². The maximum atomic E-state index is 11.4. The zero-order valence-corrected chi connectivity index (χ0v) is 11.5. The minimum Gasteiger partial charge on any atom is -0.508 e. The van der Waals surface area contributed by atoms with E-state index in [1.807, 2.05) is 0 Å². The third-order valence-corrected chi connectivity index (χ3v) is 2.29. The number of aliphatic hydroxyl groups is 1. The molecule has 0 aliphatic carbocycles. The molecular formula is C14H21NO4. The Hall–Kier alpha value is -1.75. The van der Waals surface area contributed by atoms with Crippen molar-refractivity contribution in [3.8, 4) is 5.75 Å². The average Bonchev–Trinajstić information content (AvgIpc) is 2.27. The summed E-state index contributed by atoms with van der Waals surface area (Å²) in [5.41, 5.74) is 0.336. The van der Waals surface area contributed by atoms with Gasteiger partial charge < -0.3 is 20.3 Å². The molecule has 1 unspecified atom stereocenters. The number of phenols is 1. The Morgan fingerprint density at radius 2 is 1.89 bits per heavy atom. The number of nitrogens with one attached hydrogen (secondary N) is 1. The fourth-order valence-electron chi connectivity index (χ4n) is 1.49. The molecule has 0 bridgehead atoms. The number of rotatable bonds is 4. The van der Waals surface area contributed by atoms with Crippen LogP contribution in [0.2, 0.25) is 0 Å². The van der Waals surface area contributed by atoms with Gasteiger partial charge >= 0.3 is 6.09 Å². The third-order valence-electron chi connectivity index (χ3n) is 2.29. The lowest BCUT2D eigenvalue weighted by molar-refractivity contribution is 0.0492. The number of phenolic OH excluding ortho intramolecular Hbond substituents is 1. The van der Waals surface area contributed by atoms with Crippen LogP contribution in [0.15, 0.2) is 24.3 Å². The molecule has 0 aliphatic rings. The highest BCUT2D eigenvalue weighted by Gasteiger charge is 2.16. The SMILES string of the molecule is CC(C)(C)OC(=O)NCC(O)Cc1ccc(O)cc1.